The predicted molar refractivity (Wildman–Crippen MR) is 43.6 cm³/mol. The van der Waals surface area contributed by atoms with Crippen molar-refractivity contribution >= 4 is 18.9 Å². The molecule has 0 saturated carbocycles. The van der Waals surface area contributed by atoms with Gasteiger partial charge in [-0.25, -0.2) is 10.2 Å². The van der Waals surface area contributed by atoms with Crippen LogP contribution >= 0.6 is 0 Å². The third-order valence-electron chi connectivity index (χ3n) is 0.875. The number of ether oxygens (including phenoxy) is 1. The van der Waals surface area contributed by atoms with Crippen LogP contribution in [0.3, 0.4) is 0 Å². The summed E-state index contributed by atoms with van der Waals surface area (Å²) in [5.41, 5.74) is 1.79. The van der Waals surface area contributed by atoms with Crippen LogP contribution in [0.25, 0.3) is 0 Å². The standard InChI is InChI=1S/C6H10N4O4/c1-5(2)14-6(13)10(4-12)9-8-7-3-11/h3-5H,1-2H3,(H,7,9,11). The number of hydrogen-bond acceptors (Lipinski definition) is 6. The van der Waals surface area contributed by atoms with Crippen molar-refractivity contribution in [1.82, 2.24) is 10.4 Å². The molecule has 0 spiro atoms. The van der Waals surface area contributed by atoms with Crippen LogP contribution in [0.5, 0.6) is 0 Å². The highest BCUT2D eigenvalue weighted by Gasteiger charge is 2.14. The van der Waals surface area contributed by atoms with Crippen LogP contribution in [0.2, 0.25) is 0 Å². The lowest BCUT2D eigenvalue weighted by atomic mass is 10.5. The Morgan fingerprint density at radius 1 is 1.50 bits per heavy atom. The van der Waals surface area contributed by atoms with Gasteiger partial charge in [0, 0.05) is 0 Å². The average molecular weight is 202 g/mol. The molecule has 0 heterocycles. The number of carbonyl (C=O) groups is 3. The van der Waals surface area contributed by atoms with Gasteiger partial charge in [0.25, 0.3) is 0 Å². The van der Waals surface area contributed by atoms with Crippen molar-refractivity contribution in [2.24, 2.45) is 10.4 Å². The predicted octanol–water partition coefficient (Wildman–Crippen LogP) is 0.0180. The zero-order chi connectivity index (χ0) is 11.0. The van der Waals surface area contributed by atoms with E-state index in [1.54, 1.807) is 19.3 Å². The molecule has 78 valence electrons. The number of hydrogen-bond donors (Lipinski definition) is 1. The molecule has 0 aromatic rings. The van der Waals surface area contributed by atoms with E-state index in [0.29, 0.717) is 5.01 Å². The monoisotopic (exact) mass is 202 g/mol. The summed E-state index contributed by atoms with van der Waals surface area (Å²) in [6.45, 7) is 3.23. The van der Waals surface area contributed by atoms with E-state index < -0.39 is 6.09 Å². The largest absolute Gasteiger partial charge is 0.445 e. The van der Waals surface area contributed by atoms with Gasteiger partial charge in [0.2, 0.25) is 12.8 Å². The van der Waals surface area contributed by atoms with Crippen molar-refractivity contribution in [3.63, 3.8) is 0 Å². The fraction of sp³-hybridized carbons (Fsp3) is 0.500. The van der Waals surface area contributed by atoms with E-state index in [1.807, 2.05) is 0 Å². The van der Waals surface area contributed by atoms with Gasteiger partial charge in [-0.05, 0) is 24.3 Å². The minimum atomic E-state index is -0.966. The normalized spacial score (nSPS) is 9.93. The first-order chi connectivity index (χ1) is 6.61. The molecule has 8 nitrogen and oxygen atoms in total. The smallest absolute Gasteiger partial charge is 0.439 e. The summed E-state index contributed by atoms with van der Waals surface area (Å²) >= 11 is 0. The molecular formula is C6H10N4O4. The number of rotatable bonds is 5. The van der Waals surface area contributed by atoms with Crippen molar-refractivity contribution in [2.75, 3.05) is 0 Å². The van der Waals surface area contributed by atoms with E-state index in [0.717, 1.165) is 0 Å². The maximum Gasteiger partial charge on any atom is 0.439 e. The van der Waals surface area contributed by atoms with Gasteiger partial charge in [-0.3, -0.25) is 9.59 Å². The lowest BCUT2D eigenvalue weighted by Crippen LogP contribution is -2.27. The van der Waals surface area contributed by atoms with Crippen molar-refractivity contribution in [1.29, 1.82) is 0 Å². The summed E-state index contributed by atoms with van der Waals surface area (Å²) in [5.74, 6) is 0. The van der Waals surface area contributed by atoms with E-state index >= 15 is 0 Å². The Bertz CT molecular complexity index is 240. The molecule has 0 aliphatic carbocycles. The van der Waals surface area contributed by atoms with E-state index in [1.165, 1.54) is 0 Å². The first-order valence-corrected chi connectivity index (χ1v) is 3.66. The third kappa shape index (κ3) is 4.80. The molecule has 0 aliphatic rings. The Hall–Kier alpha value is -1.99. The highest BCUT2D eigenvalue weighted by molar-refractivity contribution is 5.79. The maximum atomic E-state index is 11.0. The fourth-order valence-corrected chi connectivity index (χ4v) is 0.454. The molecule has 0 aliphatic heterocycles. The Morgan fingerprint density at radius 3 is 2.57 bits per heavy atom. The Labute approximate surface area is 79.9 Å². The van der Waals surface area contributed by atoms with Crippen molar-refractivity contribution < 1.29 is 19.1 Å². The van der Waals surface area contributed by atoms with Crippen LogP contribution in [0.1, 0.15) is 13.8 Å². The maximum absolute atomic E-state index is 11.0. The van der Waals surface area contributed by atoms with Crippen LogP contribution in [0, 0.1) is 0 Å². The van der Waals surface area contributed by atoms with E-state index in [4.69, 9.17) is 0 Å². The molecule has 0 saturated heterocycles. The van der Waals surface area contributed by atoms with Gasteiger partial charge in [-0.15, -0.1) is 5.01 Å². The van der Waals surface area contributed by atoms with Crippen LogP contribution in [-0.4, -0.2) is 30.0 Å². The lowest BCUT2D eigenvalue weighted by Gasteiger charge is -2.10. The fourth-order valence-electron chi connectivity index (χ4n) is 0.454. The molecule has 3 amide bonds. The van der Waals surface area contributed by atoms with E-state index in [2.05, 4.69) is 15.2 Å². The number of amides is 3. The lowest BCUT2D eigenvalue weighted by molar-refractivity contribution is -0.118. The van der Waals surface area contributed by atoms with Crippen LogP contribution in [0.15, 0.2) is 10.4 Å². The zero-order valence-corrected chi connectivity index (χ0v) is 7.71. The Balaban J connectivity index is 4.18. The van der Waals surface area contributed by atoms with Gasteiger partial charge in [0.1, 0.15) is 0 Å². The first-order valence-electron chi connectivity index (χ1n) is 3.66. The molecular weight excluding hydrogens is 192 g/mol. The molecule has 0 bridgehead atoms. The van der Waals surface area contributed by atoms with Gasteiger partial charge in [0.15, 0.2) is 0 Å². The van der Waals surface area contributed by atoms with Crippen molar-refractivity contribution in [3.05, 3.63) is 0 Å². The summed E-state index contributed by atoms with van der Waals surface area (Å²) in [6.07, 6.45) is -0.994. The quantitative estimate of drug-likeness (QED) is 0.385. The summed E-state index contributed by atoms with van der Waals surface area (Å²) in [4.78, 5) is 31.0. The van der Waals surface area contributed by atoms with Crippen molar-refractivity contribution in [3.8, 4) is 0 Å². The molecule has 0 aromatic carbocycles. The van der Waals surface area contributed by atoms with E-state index in [9.17, 15) is 14.4 Å². The molecule has 0 rings (SSSR count). The molecule has 0 atom stereocenters. The summed E-state index contributed by atoms with van der Waals surface area (Å²) in [6, 6.07) is 0. The summed E-state index contributed by atoms with van der Waals surface area (Å²) in [7, 11) is 0. The molecule has 14 heavy (non-hydrogen) atoms. The molecule has 8 heteroatoms. The van der Waals surface area contributed by atoms with Gasteiger partial charge >= 0.3 is 6.09 Å². The summed E-state index contributed by atoms with van der Waals surface area (Å²) in [5, 5.41) is 6.36. The number of imide groups is 1. The highest BCUT2D eigenvalue weighted by Crippen LogP contribution is 1.96. The second-order valence-electron chi connectivity index (χ2n) is 2.32. The first kappa shape index (κ1) is 12.0. The Kier molecular flexibility index (Phi) is 5.59. The molecule has 1 N–H and O–H groups in total. The Morgan fingerprint density at radius 2 is 2.14 bits per heavy atom. The minimum absolute atomic E-state index is 0.112. The number of nitrogens with zero attached hydrogens (tertiary/aromatic N) is 3. The third-order valence-corrected chi connectivity index (χ3v) is 0.875. The van der Waals surface area contributed by atoms with Crippen LogP contribution in [-0.2, 0) is 14.3 Å². The molecule has 0 aromatic heterocycles. The van der Waals surface area contributed by atoms with E-state index in [-0.39, 0.29) is 18.9 Å². The highest BCUT2D eigenvalue weighted by atomic mass is 16.6. The number of carbonyl (C=O) groups excluding carboxylic acids is 3. The van der Waals surface area contributed by atoms with Crippen LogP contribution in [0.4, 0.5) is 4.79 Å². The topological polar surface area (TPSA) is 100 Å². The zero-order valence-electron chi connectivity index (χ0n) is 7.71. The minimum Gasteiger partial charge on any atom is -0.445 e. The van der Waals surface area contributed by atoms with Crippen molar-refractivity contribution in [2.45, 2.75) is 20.0 Å². The molecule has 0 radical (unpaired) electrons. The second-order valence-corrected chi connectivity index (χ2v) is 2.32. The van der Waals surface area contributed by atoms with Gasteiger partial charge < -0.3 is 4.74 Å². The molecule has 0 fully saturated rings. The SMILES string of the molecule is CC(C)OC(=O)N(C=O)N=NNC=O. The van der Waals surface area contributed by atoms with Crippen LogP contribution < -0.4 is 5.43 Å². The second kappa shape index (κ2) is 6.52. The van der Waals surface area contributed by atoms with Gasteiger partial charge in [-0.2, -0.15) is 0 Å². The van der Waals surface area contributed by atoms with Gasteiger partial charge in [0.05, 0.1) is 6.10 Å². The number of nitrogens with one attached hydrogen (secondary N) is 1. The average Bonchev–Trinajstić information content (AvgIpc) is 2.11. The summed E-state index contributed by atoms with van der Waals surface area (Å²) < 4.78 is 4.62. The van der Waals surface area contributed by atoms with Gasteiger partial charge in [-0.1, -0.05) is 0 Å². The molecule has 0 unspecified atom stereocenters.